The van der Waals surface area contributed by atoms with Gasteiger partial charge in [0.1, 0.15) is 0 Å². The molecule has 2 aromatic carbocycles. The second kappa shape index (κ2) is 12.0. The number of nitrogens with zero attached hydrogens (tertiary/aromatic N) is 2. The second-order valence-electron chi connectivity index (χ2n) is 10.0. The van der Waals surface area contributed by atoms with Crippen LogP contribution in [0.15, 0.2) is 73.1 Å². The standard InChI is InChI=1S/C30H35N3O4/c1-21-27(19-33-15-3-2-4-16-33)36-30(37-28(21)23-12-10-22(20-34)11-13-23)24-7-5-9-26(17-24)32-29(35)25-8-6-14-31-18-25/h5-14,17-18,21,27-28,30,34H,2-4,15-16,19-20H2,1H3,(H,32,35)/t21-,27+,28+,30+/m1/s1. The third-order valence-corrected chi connectivity index (χ3v) is 7.35. The Morgan fingerprint density at radius 1 is 1.03 bits per heavy atom. The minimum absolute atomic E-state index is 0.00647. The normalized spacial score (nSPS) is 24.5. The first-order valence-electron chi connectivity index (χ1n) is 13.1. The molecule has 2 aliphatic rings. The van der Waals surface area contributed by atoms with Gasteiger partial charge in [0, 0.05) is 36.1 Å². The molecule has 1 aromatic heterocycles. The van der Waals surface area contributed by atoms with E-state index in [1.54, 1.807) is 24.5 Å². The van der Waals surface area contributed by atoms with E-state index in [0.29, 0.717) is 11.3 Å². The van der Waals surface area contributed by atoms with Gasteiger partial charge in [0.05, 0.1) is 24.4 Å². The van der Waals surface area contributed by atoms with Gasteiger partial charge in [-0.2, -0.15) is 0 Å². The number of pyridine rings is 1. The van der Waals surface area contributed by atoms with Crippen molar-refractivity contribution >= 4 is 11.6 Å². The molecule has 7 nitrogen and oxygen atoms in total. The molecule has 0 unspecified atom stereocenters. The van der Waals surface area contributed by atoms with Crippen LogP contribution in [0, 0.1) is 5.92 Å². The maximum atomic E-state index is 12.7. The summed E-state index contributed by atoms with van der Waals surface area (Å²) in [5.74, 6) is -0.0687. The molecule has 3 heterocycles. The van der Waals surface area contributed by atoms with Crippen LogP contribution in [-0.2, 0) is 16.1 Å². The highest BCUT2D eigenvalue weighted by molar-refractivity contribution is 6.04. The molecule has 4 atom stereocenters. The number of aromatic nitrogens is 1. The summed E-state index contributed by atoms with van der Waals surface area (Å²) in [5, 5.41) is 12.4. The van der Waals surface area contributed by atoms with Crippen molar-refractivity contribution in [1.29, 1.82) is 0 Å². The van der Waals surface area contributed by atoms with E-state index in [1.807, 2.05) is 48.5 Å². The number of ether oxygens (including phenoxy) is 2. The monoisotopic (exact) mass is 501 g/mol. The number of aliphatic hydroxyl groups excluding tert-OH is 1. The Labute approximate surface area is 218 Å². The van der Waals surface area contributed by atoms with Crippen LogP contribution in [0.5, 0.6) is 0 Å². The molecular weight excluding hydrogens is 466 g/mol. The second-order valence-corrected chi connectivity index (χ2v) is 10.0. The molecule has 0 saturated carbocycles. The van der Waals surface area contributed by atoms with Crippen molar-refractivity contribution in [2.24, 2.45) is 5.92 Å². The van der Waals surface area contributed by atoms with Gasteiger partial charge in [0.2, 0.25) is 0 Å². The third kappa shape index (κ3) is 6.25. The zero-order chi connectivity index (χ0) is 25.6. The van der Waals surface area contributed by atoms with E-state index in [1.165, 1.54) is 19.3 Å². The van der Waals surface area contributed by atoms with Crippen LogP contribution in [-0.4, -0.2) is 46.6 Å². The molecule has 0 radical (unpaired) electrons. The van der Waals surface area contributed by atoms with Crippen LogP contribution in [0.3, 0.4) is 0 Å². The highest BCUT2D eigenvalue weighted by Gasteiger charge is 2.39. The van der Waals surface area contributed by atoms with Gasteiger partial charge in [-0.05, 0) is 61.3 Å². The van der Waals surface area contributed by atoms with Gasteiger partial charge >= 0.3 is 0 Å². The van der Waals surface area contributed by atoms with E-state index >= 15 is 0 Å². The Hall–Kier alpha value is -3.10. The van der Waals surface area contributed by atoms with E-state index in [9.17, 15) is 9.90 Å². The summed E-state index contributed by atoms with van der Waals surface area (Å²) in [4.78, 5) is 19.2. The largest absolute Gasteiger partial charge is 0.392 e. The number of benzene rings is 2. The van der Waals surface area contributed by atoms with Crippen LogP contribution < -0.4 is 5.32 Å². The summed E-state index contributed by atoms with van der Waals surface area (Å²) in [6.45, 7) is 5.28. The van der Waals surface area contributed by atoms with Crippen LogP contribution in [0.1, 0.15) is 65.6 Å². The lowest BCUT2D eigenvalue weighted by Gasteiger charge is -2.43. The molecule has 5 rings (SSSR count). The Balaban J connectivity index is 1.38. The van der Waals surface area contributed by atoms with Gasteiger partial charge in [-0.15, -0.1) is 0 Å². The van der Waals surface area contributed by atoms with Crippen molar-refractivity contribution in [3.8, 4) is 0 Å². The Kier molecular flexibility index (Phi) is 8.26. The van der Waals surface area contributed by atoms with Gasteiger partial charge < -0.3 is 24.8 Å². The average Bonchev–Trinajstić information content (AvgIpc) is 2.95. The van der Waals surface area contributed by atoms with E-state index in [4.69, 9.17) is 9.47 Å². The molecule has 2 fully saturated rings. The minimum atomic E-state index is -0.566. The SMILES string of the molecule is C[C@@H]1[C@H](CN2CCCCC2)O[C@H](c2cccc(NC(=O)c3cccnc3)c2)O[C@@H]1c1ccc(CO)cc1. The molecule has 0 bridgehead atoms. The summed E-state index contributed by atoms with van der Waals surface area (Å²) in [7, 11) is 0. The molecule has 37 heavy (non-hydrogen) atoms. The number of aliphatic hydroxyl groups is 1. The number of nitrogens with one attached hydrogen (secondary N) is 1. The summed E-state index contributed by atoms with van der Waals surface area (Å²) in [6, 6.07) is 19.1. The molecule has 0 aliphatic carbocycles. The van der Waals surface area contributed by atoms with Gasteiger partial charge in [0.15, 0.2) is 6.29 Å². The molecule has 2 N–H and O–H groups in total. The minimum Gasteiger partial charge on any atom is -0.392 e. The van der Waals surface area contributed by atoms with Gasteiger partial charge in [-0.1, -0.05) is 49.7 Å². The lowest BCUT2D eigenvalue weighted by Crippen LogP contribution is -2.45. The third-order valence-electron chi connectivity index (χ3n) is 7.35. The molecule has 2 saturated heterocycles. The van der Waals surface area contributed by atoms with E-state index < -0.39 is 6.29 Å². The van der Waals surface area contributed by atoms with Crippen molar-refractivity contribution in [3.05, 3.63) is 95.3 Å². The predicted molar refractivity (Wildman–Crippen MR) is 142 cm³/mol. The van der Waals surface area contributed by atoms with E-state index in [0.717, 1.165) is 36.3 Å². The molecular formula is C30H35N3O4. The van der Waals surface area contributed by atoms with Crippen molar-refractivity contribution in [2.45, 2.75) is 51.3 Å². The van der Waals surface area contributed by atoms with Gasteiger partial charge in [-0.25, -0.2) is 0 Å². The van der Waals surface area contributed by atoms with Crippen LogP contribution in [0.4, 0.5) is 5.69 Å². The summed E-state index contributed by atoms with van der Waals surface area (Å²) in [6.07, 6.45) is 6.21. The van der Waals surface area contributed by atoms with Crippen LogP contribution >= 0.6 is 0 Å². The molecule has 0 spiro atoms. The number of carbonyl (C=O) groups excluding carboxylic acids is 1. The van der Waals surface area contributed by atoms with Crippen LogP contribution in [0.2, 0.25) is 0 Å². The number of likely N-dealkylation sites (tertiary alicyclic amines) is 1. The van der Waals surface area contributed by atoms with Crippen molar-refractivity contribution < 1.29 is 19.4 Å². The topological polar surface area (TPSA) is 83.9 Å². The molecule has 2 aliphatic heterocycles. The number of hydrogen-bond donors (Lipinski definition) is 2. The maximum absolute atomic E-state index is 12.7. The molecule has 3 aromatic rings. The highest BCUT2D eigenvalue weighted by Crippen LogP contribution is 2.42. The Morgan fingerprint density at radius 2 is 1.84 bits per heavy atom. The van der Waals surface area contributed by atoms with Crippen molar-refractivity contribution in [3.63, 3.8) is 0 Å². The lowest BCUT2D eigenvalue weighted by molar-refractivity contribution is -0.276. The summed E-state index contributed by atoms with van der Waals surface area (Å²) in [5.41, 5.74) is 3.98. The van der Waals surface area contributed by atoms with Gasteiger partial charge in [0.25, 0.3) is 5.91 Å². The first-order valence-corrected chi connectivity index (χ1v) is 13.1. The Morgan fingerprint density at radius 3 is 2.57 bits per heavy atom. The number of piperidine rings is 1. The number of carbonyl (C=O) groups is 1. The van der Waals surface area contributed by atoms with Crippen LogP contribution in [0.25, 0.3) is 0 Å². The fraction of sp³-hybridized carbons (Fsp3) is 0.400. The zero-order valence-corrected chi connectivity index (χ0v) is 21.3. The number of rotatable bonds is 7. The number of amides is 1. The summed E-state index contributed by atoms with van der Waals surface area (Å²) >= 11 is 0. The fourth-order valence-corrected chi connectivity index (χ4v) is 5.19. The first kappa shape index (κ1) is 25.5. The number of hydrogen-bond acceptors (Lipinski definition) is 6. The number of anilines is 1. The van der Waals surface area contributed by atoms with Gasteiger partial charge in [-0.3, -0.25) is 9.78 Å². The quantitative estimate of drug-likeness (QED) is 0.469. The molecule has 194 valence electrons. The maximum Gasteiger partial charge on any atom is 0.257 e. The highest BCUT2D eigenvalue weighted by atomic mass is 16.7. The molecule has 1 amide bonds. The van der Waals surface area contributed by atoms with E-state index in [2.05, 4.69) is 22.1 Å². The Bertz CT molecular complexity index is 1160. The lowest BCUT2D eigenvalue weighted by atomic mass is 9.89. The molecule has 7 heteroatoms. The fourth-order valence-electron chi connectivity index (χ4n) is 5.19. The predicted octanol–water partition coefficient (Wildman–Crippen LogP) is 5.10. The zero-order valence-electron chi connectivity index (χ0n) is 21.3. The first-order chi connectivity index (χ1) is 18.1. The van der Waals surface area contributed by atoms with Crippen molar-refractivity contribution in [1.82, 2.24) is 9.88 Å². The van der Waals surface area contributed by atoms with E-state index in [-0.39, 0.29) is 30.6 Å². The average molecular weight is 502 g/mol. The smallest absolute Gasteiger partial charge is 0.257 e. The summed E-state index contributed by atoms with van der Waals surface area (Å²) < 4.78 is 13.2. The van der Waals surface area contributed by atoms with Crippen molar-refractivity contribution in [2.75, 3.05) is 25.0 Å².